The second-order valence-electron chi connectivity index (χ2n) is 4.24. The number of aliphatic hydroxyl groups excluding tert-OH is 1. The molecule has 0 bridgehead atoms. The number of benzene rings is 1. The van der Waals surface area contributed by atoms with Crippen molar-refractivity contribution in [3.63, 3.8) is 0 Å². The van der Waals surface area contributed by atoms with Crippen molar-refractivity contribution < 1.29 is 14.8 Å². The minimum Gasteiger partial charge on any atom is -0.392 e. The number of nitrogens with zero attached hydrogens (tertiary/aromatic N) is 2. The maximum Gasteiger partial charge on any atom is 0.273 e. The number of aliphatic hydroxyl groups is 1. The Morgan fingerprint density at radius 3 is 2.67 bits per heavy atom. The molecule has 1 amide bonds. The van der Waals surface area contributed by atoms with Crippen molar-refractivity contribution in [3.8, 4) is 0 Å². The summed E-state index contributed by atoms with van der Waals surface area (Å²) >= 11 is 0. The number of hydrogen-bond donors (Lipinski definition) is 1. The third-order valence-corrected chi connectivity index (χ3v) is 2.62. The molecule has 6 heteroatoms. The van der Waals surface area contributed by atoms with Crippen LogP contribution < -0.4 is 0 Å². The van der Waals surface area contributed by atoms with E-state index in [0.29, 0.717) is 5.56 Å². The summed E-state index contributed by atoms with van der Waals surface area (Å²) in [4.78, 5) is 23.7. The number of nitro groups is 1. The highest BCUT2D eigenvalue weighted by Gasteiger charge is 2.20. The Balaban J connectivity index is 3.07. The van der Waals surface area contributed by atoms with Crippen molar-refractivity contribution in [2.45, 2.75) is 20.0 Å². The van der Waals surface area contributed by atoms with Crippen LogP contribution in [0.5, 0.6) is 0 Å². The molecule has 0 saturated carbocycles. The molecule has 1 rings (SSSR count). The topological polar surface area (TPSA) is 83.7 Å². The molecule has 1 N–H and O–H groups in total. The number of likely N-dealkylation sites (N-methyl/N-ethyl adjacent to an activating group) is 1. The van der Waals surface area contributed by atoms with Crippen LogP contribution in [0, 0.1) is 17.0 Å². The molecule has 98 valence electrons. The standard InChI is InChI=1S/C12H16N2O4/c1-8(15)7-13(3)12(16)10-5-4-6-11(9(10)2)14(17)18/h4-6,8,15H,7H2,1-3H3. The van der Waals surface area contributed by atoms with E-state index in [1.165, 1.54) is 17.0 Å². The van der Waals surface area contributed by atoms with E-state index < -0.39 is 11.0 Å². The van der Waals surface area contributed by atoms with Gasteiger partial charge in [0.2, 0.25) is 0 Å². The van der Waals surface area contributed by atoms with Crippen molar-refractivity contribution in [1.82, 2.24) is 4.90 Å². The Morgan fingerprint density at radius 1 is 1.56 bits per heavy atom. The molecule has 0 fully saturated rings. The summed E-state index contributed by atoms with van der Waals surface area (Å²) in [5.41, 5.74) is 0.545. The van der Waals surface area contributed by atoms with Crippen molar-refractivity contribution in [3.05, 3.63) is 39.4 Å². The van der Waals surface area contributed by atoms with E-state index in [9.17, 15) is 20.0 Å². The SMILES string of the molecule is Cc1c(C(=O)N(C)CC(C)O)cccc1[N+](=O)[O-]. The minimum absolute atomic E-state index is 0.0775. The molecule has 1 aromatic rings. The Labute approximate surface area is 105 Å². The van der Waals surface area contributed by atoms with Crippen LogP contribution in [-0.4, -0.2) is 40.5 Å². The molecule has 0 heterocycles. The van der Waals surface area contributed by atoms with E-state index >= 15 is 0 Å². The average Bonchev–Trinajstić information content (AvgIpc) is 2.27. The summed E-state index contributed by atoms with van der Waals surface area (Å²) in [5, 5.41) is 20.0. The smallest absolute Gasteiger partial charge is 0.273 e. The van der Waals surface area contributed by atoms with Gasteiger partial charge in [-0.25, -0.2) is 0 Å². The van der Waals surface area contributed by atoms with Gasteiger partial charge in [-0.3, -0.25) is 14.9 Å². The number of amides is 1. The first kappa shape index (κ1) is 14.1. The summed E-state index contributed by atoms with van der Waals surface area (Å²) in [6.07, 6.45) is -0.641. The first-order valence-electron chi connectivity index (χ1n) is 5.52. The van der Waals surface area contributed by atoms with Gasteiger partial charge in [0.25, 0.3) is 11.6 Å². The lowest BCUT2D eigenvalue weighted by Gasteiger charge is -2.19. The monoisotopic (exact) mass is 252 g/mol. The Hall–Kier alpha value is -1.95. The molecule has 0 saturated heterocycles. The lowest BCUT2D eigenvalue weighted by Crippen LogP contribution is -2.33. The van der Waals surface area contributed by atoms with Crippen LogP contribution in [0.25, 0.3) is 0 Å². The van der Waals surface area contributed by atoms with Crippen LogP contribution >= 0.6 is 0 Å². The third kappa shape index (κ3) is 3.04. The molecule has 0 aliphatic rings. The van der Waals surface area contributed by atoms with E-state index in [1.807, 2.05) is 0 Å². The third-order valence-electron chi connectivity index (χ3n) is 2.62. The molecule has 1 aromatic carbocycles. The maximum atomic E-state index is 12.1. The fraction of sp³-hybridized carbons (Fsp3) is 0.417. The molecule has 0 spiro atoms. The summed E-state index contributed by atoms with van der Waals surface area (Å²) in [7, 11) is 1.55. The Morgan fingerprint density at radius 2 is 2.17 bits per heavy atom. The first-order chi connectivity index (χ1) is 8.34. The van der Waals surface area contributed by atoms with Gasteiger partial charge < -0.3 is 10.0 Å². The molecule has 1 unspecified atom stereocenters. The second-order valence-corrected chi connectivity index (χ2v) is 4.24. The van der Waals surface area contributed by atoms with Crippen molar-refractivity contribution in [2.75, 3.05) is 13.6 Å². The van der Waals surface area contributed by atoms with E-state index in [0.717, 1.165) is 0 Å². The number of nitro benzene ring substituents is 1. The van der Waals surface area contributed by atoms with Crippen molar-refractivity contribution in [2.24, 2.45) is 0 Å². The van der Waals surface area contributed by atoms with E-state index in [2.05, 4.69) is 0 Å². The molecule has 18 heavy (non-hydrogen) atoms. The lowest BCUT2D eigenvalue weighted by molar-refractivity contribution is -0.385. The normalized spacial score (nSPS) is 12.0. The molecule has 0 radical (unpaired) electrons. The zero-order valence-corrected chi connectivity index (χ0v) is 10.6. The second kappa shape index (κ2) is 5.59. The fourth-order valence-electron chi connectivity index (χ4n) is 1.74. The summed E-state index contributed by atoms with van der Waals surface area (Å²) < 4.78 is 0. The van der Waals surface area contributed by atoms with Crippen LogP contribution in [0.15, 0.2) is 18.2 Å². The van der Waals surface area contributed by atoms with E-state index in [4.69, 9.17) is 0 Å². The predicted molar refractivity (Wildman–Crippen MR) is 66.5 cm³/mol. The quantitative estimate of drug-likeness (QED) is 0.647. The highest BCUT2D eigenvalue weighted by Crippen LogP contribution is 2.22. The fourth-order valence-corrected chi connectivity index (χ4v) is 1.74. The summed E-state index contributed by atoms with van der Waals surface area (Å²) in [6.45, 7) is 3.30. The number of rotatable bonds is 4. The number of hydrogen-bond acceptors (Lipinski definition) is 4. The maximum absolute atomic E-state index is 12.1. The molecular weight excluding hydrogens is 236 g/mol. The van der Waals surface area contributed by atoms with Crippen LogP contribution in [0.2, 0.25) is 0 Å². The van der Waals surface area contributed by atoms with Crippen LogP contribution in [-0.2, 0) is 0 Å². The molecule has 1 atom stereocenters. The number of carbonyl (C=O) groups excluding carboxylic acids is 1. The van der Waals surface area contributed by atoms with Gasteiger partial charge in [-0.05, 0) is 19.9 Å². The van der Waals surface area contributed by atoms with E-state index in [-0.39, 0.29) is 23.7 Å². The van der Waals surface area contributed by atoms with Gasteiger partial charge in [-0.1, -0.05) is 6.07 Å². The Bertz CT molecular complexity index is 471. The highest BCUT2D eigenvalue weighted by atomic mass is 16.6. The van der Waals surface area contributed by atoms with Gasteiger partial charge in [0.05, 0.1) is 11.0 Å². The molecule has 6 nitrogen and oxygen atoms in total. The summed E-state index contributed by atoms with van der Waals surface area (Å²) in [5.74, 6) is -0.336. The van der Waals surface area contributed by atoms with Gasteiger partial charge >= 0.3 is 0 Å². The average molecular weight is 252 g/mol. The first-order valence-corrected chi connectivity index (χ1v) is 5.52. The van der Waals surface area contributed by atoms with Gasteiger partial charge in [0, 0.05) is 30.8 Å². The predicted octanol–water partition coefficient (Wildman–Crippen LogP) is 1.36. The minimum atomic E-state index is -0.641. The van der Waals surface area contributed by atoms with Gasteiger partial charge in [0.15, 0.2) is 0 Å². The van der Waals surface area contributed by atoms with Crippen LogP contribution in [0.1, 0.15) is 22.8 Å². The largest absolute Gasteiger partial charge is 0.392 e. The number of carbonyl (C=O) groups is 1. The highest BCUT2D eigenvalue weighted by molar-refractivity contribution is 5.96. The van der Waals surface area contributed by atoms with Crippen molar-refractivity contribution >= 4 is 11.6 Å². The molecule has 0 aliphatic heterocycles. The van der Waals surface area contributed by atoms with Gasteiger partial charge in [-0.2, -0.15) is 0 Å². The van der Waals surface area contributed by atoms with Crippen LogP contribution in [0.3, 0.4) is 0 Å². The zero-order valence-electron chi connectivity index (χ0n) is 10.6. The molecule has 0 aromatic heterocycles. The van der Waals surface area contributed by atoms with Gasteiger partial charge in [-0.15, -0.1) is 0 Å². The molecule has 0 aliphatic carbocycles. The zero-order chi connectivity index (χ0) is 13.9. The lowest BCUT2D eigenvalue weighted by atomic mass is 10.1. The van der Waals surface area contributed by atoms with Gasteiger partial charge in [0.1, 0.15) is 0 Å². The summed E-state index contributed by atoms with van der Waals surface area (Å²) in [6, 6.07) is 4.39. The van der Waals surface area contributed by atoms with Crippen molar-refractivity contribution in [1.29, 1.82) is 0 Å². The Kier molecular flexibility index (Phi) is 4.38. The molecular formula is C12H16N2O4. The van der Waals surface area contributed by atoms with E-state index in [1.54, 1.807) is 27.0 Å². The van der Waals surface area contributed by atoms with Crippen LogP contribution in [0.4, 0.5) is 5.69 Å².